The van der Waals surface area contributed by atoms with Gasteiger partial charge < -0.3 is 18.9 Å². The molecule has 0 amide bonds. The zero-order valence-electron chi connectivity index (χ0n) is 51.2. The lowest BCUT2D eigenvalue weighted by molar-refractivity contribution is -0.870. The van der Waals surface area contributed by atoms with Gasteiger partial charge in [-0.25, -0.2) is 4.57 Å². The number of phosphoric acid groups is 1. The molecule has 80 heavy (non-hydrogen) atoms. The van der Waals surface area contributed by atoms with Gasteiger partial charge in [-0.3, -0.25) is 18.6 Å². The molecular formula is C70H115NO8P+. The molecule has 0 radical (unpaired) electrons. The Kier molecular flexibility index (Phi) is 56.0. The first kappa shape index (κ1) is 75.6. The lowest BCUT2D eigenvalue weighted by atomic mass is 10.1. The normalized spacial score (nSPS) is 14.3. The van der Waals surface area contributed by atoms with Crippen molar-refractivity contribution >= 4 is 19.8 Å². The molecule has 0 aromatic heterocycles. The van der Waals surface area contributed by atoms with E-state index in [1.165, 1.54) is 64.2 Å². The van der Waals surface area contributed by atoms with E-state index < -0.39 is 32.5 Å². The van der Waals surface area contributed by atoms with Crippen LogP contribution in [0, 0.1) is 0 Å². The molecule has 0 saturated heterocycles. The second-order valence-electron chi connectivity index (χ2n) is 21.4. The molecule has 0 bridgehead atoms. The first-order valence-electron chi connectivity index (χ1n) is 31.2. The Morgan fingerprint density at radius 3 is 1.09 bits per heavy atom. The van der Waals surface area contributed by atoms with Crippen LogP contribution in [0.4, 0.5) is 0 Å². The molecule has 0 aliphatic carbocycles. The number of allylic oxidation sites excluding steroid dienone is 26. The third kappa shape index (κ3) is 62.8. The largest absolute Gasteiger partial charge is 0.472 e. The van der Waals surface area contributed by atoms with Crippen molar-refractivity contribution in [2.75, 3.05) is 47.5 Å². The van der Waals surface area contributed by atoms with Crippen LogP contribution in [0.5, 0.6) is 0 Å². The highest BCUT2D eigenvalue weighted by Crippen LogP contribution is 2.43. The van der Waals surface area contributed by atoms with Crippen molar-refractivity contribution in [2.24, 2.45) is 0 Å². The molecular weight excluding hydrogens is 1010 g/mol. The fourth-order valence-electron chi connectivity index (χ4n) is 7.75. The minimum atomic E-state index is -4.42. The number of esters is 2. The van der Waals surface area contributed by atoms with Gasteiger partial charge in [0, 0.05) is 12.8 Å². The summed E-state index contributed by atoms with van der Waals surface area (Å²) in [6.45, 7) is 4.23. The van der Waals surface area contributed by atoms with Gasteiger partial charge in [0.15, 0.2) is 6.10 Å². The highest BCUT2D eigenvalue weighted by molar-refractivity contribution is 7.47. The Labute approximate surface area is 490 Å². The molecule has 452 valence electrons. The van der Waals surface area contributed by atoms with Crippen molar-refractivity contribution in [3.05, 3.63) is 158 Å². The number of rotatable bonds is 55. The number of likely N-dealkylation sites (N-methyl/N-ethyl adjacent to an activating group) is 1. The Hall–Kier alpha value is -4.37. The summed E-state index contributed by atoms with van der Waals surface area (Å²) in [7, 11) is 1.42. The summed E-state index contributed by atoms with van der Waals surface area (Å²) in [6.07, 6.45) is 88.9. The van der Waals surface area contributed by atoms with Crippen LogP contribution in [-0.4, -0.2) is 74.9 Å². The van der Waals surface area contributed by atoms with Crippen molar-refractivity contribution in [1.82, 2.24) is 0 Å². The summed E-state index contributed by atoms with van der Waals surface area (Å²) >= 11 is 0. The fourth-order valence-corrected chi connectivity index (χ4v) is 8.50. The van der Waals surface area contributed by atoms with Gasteiger partial charge in [-0.15, -0.1) is 0 Å². The van der Waals surface area contributed by atoms with Crippen LogP contribution in [0.1, 0.15) is 219 Å². The number of hydrogen-bond acceptors (Lipinski definition) is 7. The van der Waals surface area contributed by atoms with Gasteiger partial charge in [0.25, 0.3) is 0 Å². The summed E-state index contributed by atoms with van der Waals surface area (Å²) in [5.41, 5.74) is 0. The lowest BCUT2D eigenvalue weighted by Gasteiger charge is -2.24. The maximum absolute atomic E-state index is 12.8. The van der Waals surface area contributed by atoms with Crippen LogP contribution in [0.3, 0.4) is 0 Å². The van der Waals surface area contributed by atoms with Gasteiger partial charge in [-0.1, -0.05) is 236 Å². The van der Waals surface area contributed by atoms with E-state index >= 15 is 0 Å². The summed E-state index contributed by atoms with van der Waals surface area (Å²) in [5, 5.41) is 0. The molecule has 9 nitrogen and oxygen atoms in total. The Morgan fingerprint density at radius 1 is 0.400 bits per heavy atom. The molecule has 0 aliphatic heterocycles. The van der Waals surface area contributed by atoms with Crippen LogP contribution in [0.2, 0.25) is 0 Å². The monoisotopic (exact) mass is 1130 g/mol. The van der Waals surface area contributed by atoms with Gasteiger partial charge in [-0.2, -0.15) is 0 Å². The predicted molar refractivity (Wildman–Crippen MR) is 343 cm³/mol. The van der Waals surface area contributed by atoms with E-state index in [9.17, 15) is 19.0 Å². The van der Waals surface area contributed by atoms with Gasteiger partial charge in [0.1, 0.15) is 19.8 Å². The average molecular weight is 1130 g/mol. The Balaban J connectivity index is 4.30. The quantitative estimate of drug-likeness (QED) is 0.0211. The molecule has 10 heteroatoms. The third-order valence-corrected chi connectivity index (χ3v) is 13.5. The minimum absolute atomic E-state index is 0.0123. The number of carbonyl (C=O) groups excluding carboxylic acids is 2. The van der Waals surface area contributed by atoms with Gasteiger partial charge >= 0.3 is 19.8 Å². The van der Waals surface area contributed by atoms with Crippen molar-refractivity contribution in [1.29, 1.82) is 0 Å². The number of hydrogen-bond donors (Lipinski definition) is 1. The van der Waals surface area contributed by atoms with Gasteiger partial charge in [-0.05, 0) is 128 Å². The number of carbonyl (C=O) groups is 2. The molecule has 0 aliphatic rings. The van der Waals surface area contributed by atoms with Gasteiger partial charge in [0.2, 0.25) is 0 Å². The highest BCUT2D eigenvalue weighted by atomic mass is 31.2. The zero-order chi connectivity index (χ0) is 58.4. The number of nitrogens with zero attached hydrogens (tertiary/aromatic N) is 1. The van der Waals surface area contributed by atoms with E-state index in [1.54, 1.807) is 0 Å². The van der Waals surface area contributed by atoms with Gasteiger partial charge in [0.05, 0.1) is 27.7 Å². The highest BCUT2D eigenvalue weighted by Gasteiger charge is 2.27. The van der Waals surface area contributed by atoms with Crippen molar-refractivity contribution in [3.8, 4) is 0 Å². The third-order valence-electron chi connectivity index (χ3n) is 12.5. The van der Waals surface area contributed by atoms with Crippen molar-refractivity contribution < 1.29 is 42.1 Å². The van der Waals surface area contributed by atoms with E-state index in [1.807, 2.05) is 21.1 Å². The zero-order valence-corrected chi connectivity index (χ0v) is 52.1. The molecule has 0 rings (SSSR count). The summed E-state index contributed by atoms with van der Waals surface area (Å²) < 4.78 is 34.5. The van der Waals surface area contributed by atoms with E-state index in [-0.39, 0.29) is 26.1 Å². The van der Waals surface area contributed by atoms with Crippen LogP contribution in [0.15, 0.2) is 158 Å². The molecule has 2 unspecified atom stereocenters. The average Bonchev–Trinajstić information content (AvgIpc) is 3.42. The van der Waals surface area contributed by atoms with Crippen LogP contribution in [0.25, 0.3) is 0 Å². The Morgan fingerprint density at radius 2 is 0.713 bits per heavy atom. The molecule has 0 aromatic rings. The molecule has 0 aromatic carbocycles. The summed E-state index contributed by atoms with van der Waals surface area (Å²) in [5.74, 6) is -0.869. The molecule has 0 spiro atoms. The SMILES string of the molecule is CC/C=C\C/C=C\C/C=C\C/C=C\C/C=C\C/C=C\C/C=C\C/C=C\C/C=C\C/C=C\CCCCC(=O)OC(COC(=O)CCCCCCCCCC/C=C\C/C=C\C/C=C\CCCCCCC)COP(=O)(O)OCC[N+](C)(C)C. The number of quaternary nitrogens is 1. The topological polar surface area (TPSA) is 108 Å². The second kappa shape index (κ2) is 59.3. The molecule has 0 fully saturated rings. The fraction of sp³-hybridized carbons (Fsp3) is 0.600. The number of phosphoric ester groups is 1. The molecule has 0 heterocycles. The molecule has 2 atom stereocenters. The van der Waals surface area contributed by atoms with E-state index in [4.69, 9.17) is 18.5 Å². The number of unbranched alkanes of at least 4 members (excludes halogenated alkanes) is 15. The molecule has 0 saturated carbocycles. The first-order chi connectivity index (χ1) is 39.0. The first-order valence-corrected chi connectivity index (χ1v) is 32.7. The lowest BCUT2D eigenvalue weighted by Crippen LogP contribution is -2.37. The van der Waals surface area contributed by atoms with Crippen LogP contribution in [-0.2, 0) is 32.7 Å². The van der Waals surface area contributed by atoms with Crippen molar-refractivity contribution in [3.63, 3.8) is 0 Å². The smallest absolute Gasteiger partial charge is 0.462 e. The van der Waals surface area contributed by atoms with Crippen molar-refractivity contribution in [2.45, 2.75) is 225 Å². The Bertz CT molecular complexity index is 1900. The maximum Gasteiger partial charge on any atom is 0.472 e. The van der Waals surface area contributed by atoms with E-state index in [0.717, 1.165) is 116 Å². The van der Waals surface area contributed by atoms with E-state index in [0.29, 0.717) is 23.9 Å². The second-order valence-corrected chi connectivity index (χ2v) is 22.8. The minimum Gasteiger partial charge on any atom is -0.462 e. The van der Waals surface area contributed by atoms with Crippen LogP contribution >= 0.6 is 7.82 Å². The standard InChI is InChI=1S/C70H114NO8P/c1-6-8-10-12-14-16-18-20-22-24-26-28-30-31-32-33-34-35-36-37-38-39-41-43-45-47-49-51-53-55-57-59-61-63-70(73)79-68(67-78-80(74,75)77-65-64-71(3,4)5)66-76-69(72)62-60-58-56-54-52-50-48-46-44-42-40-29-27-25-23-21-19-17-15-13-11-9-7-2/h8,10,14,16,19-22,25-28,31-32,34-35,37-38,40-43,47,49,53,55,68H,6-7,9,11-13,15,17-18,23-24,29-30,33,36,39,44-46,48,50-52,54,56-67H2,1-5H3/p+1/b10-8-,16-14-,21-19-,22-20-,27-25-,28-26-,32-31-,35-34-,38-37-,42-40-,43-41-,49-47-,55-53-. The molecule has 1 N–H and O–H groups in total. The maximum atomic E-state index is 12.8. The summed E-state index contributed by atoms with van der Waals surface area (Å²) in [4.78, 5) is 35.7. The summed E-state index contributed by atoms with van der Waals surface area (Å²) in [6, 6.07) is 0. The van der Waals surface area contributed by atoms with Crippen LogP contribution < -0.4 is 0 Å². The predicted octanol–water partition coefficient (Wildman–Crippen LogP) is 20.0. The number of ether oxygens (including phenoxy) is 2. The van der Waals surface area contributed by atoms with E-state index in [2.05, 4.69) is 172 Å².